The van der Waals surface area contributed by atoms with E-state index < -0.39 is 17.8 Å². The van der Waals surface area contributed by atoms with E-state index in [9.17, 15) is 18.0 Å². The summed E-state index contributed by atoms with van der Waals surface area (Å²) in [7, 11) is 1.47. The topological polar surface area (TPSA) is 77.4 Å². The lowest BCUT2D eigenvalue weighted by Crippen LogP contribution is -2.20. The van der Waals surface area contributed by atoms with Crippen molar-refractivity contribution in [3.8, 4) is 11.5 Å². The molecule has 3 rings (SSSR count). The van der Waals surface area contributed by atoms with Gasteiger partial charge in [0.15, 0.2) is 6.73 Å². The van der Waals surface area contributed by atoms with E-state index in [1.54, 1.807) is 32.0 Å². The second-order valence-corrected chi connectivity index (χ2v) is 7.20. The summed E-state index contributed by atoms with van der Waals surface area (Å²) in [4.78, 5) is 12.5. The molecule has 3 aromatic rings. The monoisotopic (exact) mass is 468 g/mol. The van der Waals surface area contributed by atoms with Crippen LogP contribution in [0, 0.1) is 13.8 Å². The SMILES string of the molecule is COc1ccc(Cl)cc1NC(=O)Nc1c(C)nn(COc2cccc(C(F)(F)F)c2)c1C. The van der Waals surface area contributed by atoms with Crippen molar-refractivity contribution in [2.24, 2.45) is 0 Å². The second kappa shape index (κ2) is 9.39. The summed E-state index contributed by atoms with van der Waals surface area (Å²) in [5, 5.41) is 10.1. The van der Waals surface area contributed by atoms with Gasteiger partial charge in [-0.2, -0.15) is 18.3 Å². The molecule has 0 spiro atoms. The molecular weight excluding hydrogens is 449 g/mol. The van der Waals surface area contributed by atoms with Crippen molar-refractivity contribution in [1.29, 1.82) is 0 Å². The number of ether oxygens (including phenoxy) is 2. The summed E-state index contributed by atoms with van der Waals surface area (Å²) in [5.41, 5.74) is 1.08. The number of aryl methyl sites for hydroxylation is 1. The van der Waals surface area contributed by atoms with Crippen molar-refractivity contribution in [3.63, 3.8) is 0 Å². The van der Waals surface area contributed by atoms with Crippen molar-refractivity contribution >= 4 is 29.0 Å². The number of hydrogen-bond acceptors (Lipinski definition) is 4. The average molecular weight is 469 g/mol. The van der Waals surface area contributed by atoms with Gasteiger partial charge >= 0.3 is 12.2 Å². The first-order valence-corrected chi connectivity index (χ1v) is 9.72. The lowest BCUT2D eigenvalue weighted by Gasteiger charge is -2.12. The highest BCUT2D eigenvalue weighted by Gasteiger charge is 2.30. The lowest BCUT2D eigenvalue weighted by atomic mass is 10.2. The van der Waals surface area contributed by atoms with Crippen LogP contribution in [0.25, 0.3) is 0 Å². The number of carbonyl (C=O) groups excluding carboxylic acids is 1. The van der Waals surface area contributed by atoms with Gasteiger partial charge in [0.05, 0.1) is 35.4 Å². The minimum absolute atomic E-state index is 0.0488. The van der Waals surface area contributed by atoms with Crippen molar-refractivity contribution < 1.29 is 27.4 Å². The van der Waals surface area contributed by atoms with E-state index in [-0.39, 0.29) is 12.5 Å². The zero-order chi connectivity index (χ0) is 23.5. The van der Waals surface area contributed by atoms with Gasteiger partial charge in [-0.05, 0) is 50.2 Å². The summed E-state index contributed by atoms with van der Waals surface area (Å²) < 4.78 is 50.7. The summed E-state index contributed by atoms with van der Waals surface area (Å²) in [6.45, 7) is 3.24. The van der Waals surface area contributed by atoms with Gasteiger partial charge in [0.2, 0.25) is 0 Å². The predicted octanol–water partition coefficient (Wildman–Crippen LogP) is 5.86. The predicted molar refractivity (Wildman–Crippen MR) is 114 cm³/mol. The van der Waals surface area contributed by atoms with Crippen LogP contribution in [0.15, 0.2) is 42.5 Å². The third-order valence-electron chi connectivity index (χ3n) is 4.54. The van der Waals surface area contributed by atoms with Crippen LogP contribution in [0.5, 0.6) is 11.5 Å². The number of anilines is 2. The third kappa shape index (κ3) is 5.44. The number of amides is 2. The fourth-order valence-corrected chi connectivity index (χ4v) is 3.12. The number of methoxy groups -OCH3 is 1. The summed E-state index contributed by atoms with van der Waals surface area (Å²) in [6, 6.07) is 8.82. The Morgan fingerprint density at radius 3 is 2.59 bits per heavy atom. The molecule has 0 fully saturated rings. The van der Waals surface area contributed by atoms with Gasteiger partial charge in [-0.25, -0.2) is 9.48 Å². The normalized spacial score (nSPS) is 11.2. The van der Waals surface area contributed by atoms with Crippen LogP contribution in [0.2, 0.25) is 5.02 Å². The molecule has 170 valence electrons. The summed E-state index contributed by atoms with van der Waals surface area (Å²) in [6.07, 6.45) is -4.46. The van der Waals surface area contributed by atoms with Crippen molar-refractivity contribution in [2.75, 3.05) is 17.7 Å². The van der Waals surface area contributed by atoms with Crippen LogP contribution in [-0.2, 0) is 12.9 Å². The first-order valence-electron chi connectivity index (χ1n) is 9.34. The van der Waals surface area contributed by atoms with Crippen LogP contribution >= 0.6 is 11.6 Å². The number of urea groups is 1. The molecular formula is C21H20ClF3N4O3. The molecule has 0 atom stereocenters. The minimum atomic E-state index is -4.46. The molecule has 0 aliphatic carbocycles. The fourth-order valence-electron chi connectivity index (χ4n) is 2.95. The highest BCUT2D eigenvalue weighted by atomic mass is 35.5. The van der Waals surface area contributed by atoms with E-state index in [1.807, 2.05) is 0 Å². The molecule has 0 aliphatic rings. The Kier molecular flexibility index (Phi) is 6.83. The van der Waals surface area contributed by atoms with Crippen molar-refractivity contribution in [1.82, 2.24) is 9.78 Å². The third-order valence-corrected chi connectivity index (χ3v) is 4.78. The van der Waals surface area contributed by atoms with Crippen LogP contribution in [0.1, 0.15) is 17.0 Å². The Balaban J connectivity index is 1.70. The summed E-state index contributed by atoms with van der Waals surface area (Å²) >= 11 is 5.97. The van der Waals surface area contributed by atoms with Crippen LogP contribution < -0.4 is 20.1 Å². The Labute approximate surface area is 187 Å². The van der Waals surface area contributed by atoms with E-state index in [1.165, 1.54) is 23.9 Å². The highest BCUT2D eigenvalue weighted by molar-refractivity contribution is 6.31. The first-order chi connectivity index (χ1) is 15.1. The molecule has 2 N–H and O–H groups in total. The quantitative estimate of drug-likeness (QED) is 0.475. The van der Waals surface area contributed by atoms with Crippen LogP contribution in [-0.4, -0.2) is 22.9 Å². The maximum absolute atomic E-state index is 12.9. The molecule has 0 saturated heterocycles. The smallest absolute Gasteiger partial charge is 0.416 e. The molecule has 1 heterocycles. The fraction of sp³-hybridized carbons (Fsp3) is 0.238. The van der Waals surface area contributed by atoms with Gasteiger partial charge in [0, 0.05) is 5.02 Å². The molecule has 0 radical (unpaired) electrons. The number of carbonyl (C=O) groups is 1. The van der Waals surface area contributed by atoms with E-state index in [4.69, 9.17) is 21.1 Å². The number of rotatable bonds is 6. The second-order valence-electron chi connectivity index (χ2n) is 6.77. The molecule has 2 amide bonds. The maximum Gasteiger partial charge on any atom is 0.416 e. The number of hydrogen-bond donors (Lipinski definition) is 2. The summed E-state index contributed by atoms with van der Waals surface area (Å²) in [5.74, 6) is 0.482. The zero-order valence-corrected chi connectivity index (χ0v) is 18.1. The lowest BCUT2D eigenvalue weighted by molar-refractivity contribution is -0.137. The van der Waals surface area contributed by atoms with E-state index in [0.717, 1.165) is 12.1 Å². The maximum atomic E-state index is 12.9. The van der Waals surface area contributed by atoms with E-state index in [2.05, 4.69) is 15.7 Å². The first kappa shape index (κ1) is 23.3. The largest absolute Gasteiger partial charge is 0.495 e. The molecule has 0 saturated carbocycles. The van der Waals surface area contributed by atoms with Crippen LogP contribution in [0.4, 0.5) is 29.3 Å². The van der Waals surface area contributed by atoms with Crippen molar-refractivity contribution in [3.05, 3.63) is 64.4 Å². The van der Waals surface area contributed by atoms with Gasteiger partial charge in [-0.1, -0.05) is 17.7 Å². The van der Waals surface area contributed by atoms with Gasteiger partial charge < -0.3 is 20.1 Å². The zero-order valence-electron chi connectivity index (χ0n) is 17.4. The average Bonchev–Trinajstić information content (AvgIpc) is 2.99. The molecule has 1 aromatic heterocycles. The Hall–Kier alpha value is -3.40. The molecule has 0 bridgehead atoms. The standard InChI is InChI=1S/C21H20ClF3N4O3/c1-12-19(27-20(30)26-17-10-15(22)7-8-18(17)31-3)13(2)29(28-12)11-32-16-6-4-5-14(9-16)21(23,24)25/h4-10H,11H2,1-3H3,(H2,26,27,30). The molecule has 0 unspecified atom stereocenters. The number of alkyl halides is 3. The molecule has 32 heavy (non-hydrogen) atoms. The number of aromatic nitrogens is 2. The highest BCUT2D eigenvalue weighted by Crippen LogP contribution is 2.32. The Bertz CT molecular complexity index is 1130. The van der Waals surface area contributed by atoms with Gasteiger partial charge in [0.1, 0.15) is 11.5 Å². The van der Waals surface area contributed by atoms with Gasteiger partial charge in [-0.15, -0.1) is 0 Å². The minimum Gasteiger partial charge on any atom is -0.495 e. The Morgan fingerprint density at radius 1 is 1.16 bits per heavy atom. The number of benzene rings is 2. The molecule has 0 aliphatic heterocycles. The van der Waals surface area contributed by atoms with Gasteiger partial charge in [0.25, 0.3) is 0 Å². The van der Waals surface area contributed by atoms with Crippen LogP contribution in [0.3, 0.4) is 0 Å². The van der Waals surface area contributed by atoms with Crippen molar-refractivity contribution in [2.45, 2.75) is 26.8 Å². The molecule has 2 aromatic carbocycles. The van der Waals surface area contributed by atoms with E-state index in [0.29, 0.717) is 33.5 Å². The number of nitrogens with one attached hydrogen (secondary N) is 2. The number of halogens is 4. The molecule has 11 heteroatoms. The molecule has 7 nitrogen and oxygen atoms in total. The van der Waals surface area contributed by atoms with E-state index >= 15 is 0 Å². The van der Waals surface area contributed by atoms with Gasteiger partial charge in [-0.3, -0.25) is 0 Å². The number of nitrogens with zero attached hydrogens (tertiary/aromatic N) is 2. The Morgan fingerprint density at radius 2 is 1.91 bits per heavy atom.